The molecule has 0 aromatic carbocycles. The van der Waals surface area contributed by atoms with Gasteiger partial charge in [0.05, 0.1) is 12.7 Å². The number of fused-ring (bicyclic) bond motifs is 1. The molecule has 0 aromatic rings. The molecule has 0 unspecified atom stereocenters. The summed E-state index contributed by atoms with van der Waals surface area (Å²) in [6.07, 6.45) is 2.83. The van der Waals surface area contributed by atoms with E-state index in [2.05, 4.69) is 5.32 Å². The molecule has 0 aromatic heterocycles. The lowest BCUT2D eigenvalue weighted by atomic mass is 9.79. The second kappa shape index (κ2) is 4.60. The van der Waals surface area contributed by atoms with E-state index in [1.165, 1.54) is 12.8 Å². The van der Waals surface area contributed by atoms with Gasteiger partial charge in [-0.15, -0.1) is 12.4 Å². The first-order valence-electron chi connectivity index (χ1n) is 4.69. The monoisotopic (exact) mass is 207 g/mol. The van der Waals surface area contributed by atoms with Crippen molar-refractivity contribution in [2.24, 2.45) is 5.41 Å². The van der Waals surface area contributed by atoms with Crippen LogP contribution in [0.4, 0.5) is 0 Å². The van der Waals surface area contributed by atoms with Gasteiger partial charge in [0.2, 0.25) is 0 Å². The Balaban J connectivity index is 0.000000845. The number of nitrogens with one attached hydrogen (secondary N) is 1. The molecule has 2 aliphatic rings. The number of methoxy groups -OCH3 is 1. The van der Waals surface area contributed by atoms with Crippen LogP contribution in [-0.2, 0) is 9.47 Å². The van der Waals surface area contributed by atoms with Crippen LogP contribution in [0.5, 0.6) is 0 Å². The number of hydrogen-bond acceptors (Lipinski definition) is 3. The van der Waals surface area contributed by atoms with E-state index in [-0.39, 0.29) is 17.8 Å². The molecular formula is C9H18ClNO2. The van der Waals surface area contributed by atoms with Gasteiger partial charge >= 0.3 is 0 Å². The highest BCUT2D eigenvalue weighted by molar-refractivity contribution is 5.85. The smallest absolute Gasteiger partial charge is 0.0789 e. The standard InChI is InChI=1S/C9H17NO2.ClH/c1-11-7-9-3-2-4-12-8(9)5-10-6-9;/h8,10H,2-7H2,1H3;1H/t8-,9+;/m0./s1. The zero-order valence-electron chi connectivity index (χ0n) is 8.04. The van der Waals surface area contributed by atoms with E-state index in [1.54, 1.807) is 7.11 Å². The van der Waals surface area contributed by atoms with Gasteiger partial charge in [0.25, 0.3) is 0 Å². The van der Waals surface area contributed by atoms with Crippen LogP contribution < -0.4 is 5.32 Å². The molecule has 0 aliphatic carbocycles. The fourth-order valence-electron chi connectivity index (χ4n) is 2.42. The van der Waals surface area contributed by atoms with Crippen molar-refractivity contribution in [3.05, 3.63) is 0 Å². The van der Waals surface area contributed by atoms with Crippen molar-refractivity contribution >= 4 is 12.4 Å². The minimum absolute atomic E-state index is 0. The molecule has 2 rings (SSSR count). The molecule has 0 saturated carbocycles. The summed E-state index contributed by atoms with van der Waals surface area (Å²) in [6.45, 7) is 3.83. The highest BCUT2D eigenvalue weighted by Crippen LogP contribution is 2.36. The summed E-state index contributed by atoms with van der Waals surface area (Å²) >= 11 is 0. The van der Waals surface area contributed by atoms with Gasteiger partial charge < -0.3 is 14.8 Å². The lowest BCUT2D eigenvalue weighted by Gasteiger charge is -2.37. The van der Waals surface area contributed by atoms with Gasteiger partial charge in [-0.2, -0.15) is 0 Å². The van der Waals surface area contributed by atoms with Crippen LogP contribution in [0.15, 0.2) is 0 Å². The molecule has 3 nitrogen and oxygen atoms in total. The van der Waals surface area contributed by atoms with E-state index in [0.717, 1.165) is 26.3 Å². The number of ether oxygens (including phenoxy) is 2. The first-order chi connectivity index (χ1) is 5.87. The largest absolute Gasteiger partial charge is 0.384 e. The molecule has 2 saturated heterocycles. The maximum absolute atomic E-state index is 5.72. The number of hydrogen-bond donors (Lipinski definition) is 1. The van der Waals surface area contributed by atoms with Gasteiger partial charge in [0.1, 0.15) is 0 Å². The average molecular weight is 208 g/mol. The molecule has 1 N–H and O–H groups in total. The van der Waals surface area contributed by atoms with Crippen LogP contribution in [0.3, 0.4) is 0 Å². The minimum Gasteiger partial charge on any atom is -0.384 e. The highest BCUT2D eigenvalue weighted by atomic mass is 35.5. The van der Waals surface area contributed by atoms with Gasteiger partial charge in [-0.25, -0.2) is 0 Å². The molecule has 0 amide bonds. The van der Waals surface area contributed by atoms with Crippen LogP contribution in [0.2, 0.25) is 0 Å². The Morgan fingerprint density at radius 2 is 2.46 bits per heavy atom. The maximum atomic E-state index is 5.72. The van der Waals surface area contributed by atoms with E-state index in [0.29, 0.717) is 6.10 Å². The summed E-state index contributed by atoms with van der Waals surface area (Å²) in [5.41, 5.74) is 0.285. The average Bonchev–Trinajstić information content (AvgIpc) is 2.48. The Bertz CT molecular complexity index is 164. The predicted octanol–water partition coefficient (Wildman–Crippen LogP) is 0.823. The van der Waals surface area contributed by atoms with Crippen LogP contribution in [0.25, 0.3) is 0 Å². The molecule has 2 aliphatic heterocycles. The topological polar surface area (TPSA) is 30.5 Å². The van der Waals surface area contributed by atoms with Crippen molar-refractivity contribution in [3.8, 4) is 0 Å². The summed E-state index contributed by atoms with van der Waals surface area (Å²) in [6, 6.07) is 0. The van der Waals surface area contributed by atoms with Crippen LogP contribution in [0.1, 0.15) is 12.8 Å². The van der Waals surface area contributed by atoms with E-state index in [9.17, 15) is 0 Å². The molecule has 78 valence electrons. The van der Waals surface area contributed by atoms with Gasteiger partial charge in [0.15, 0.2) is 0 Å². The normalized spacial score (nSPS) is 38.1. The van der Waals surface area contributed by atoms with E-state index in [1.807, 2.05) is 0 Å². The Hall–Kier alpha value is 0.170. The first-order valence-corrected chi connectivity index (χ1v) is 4.69. The van der Waals surface area contributed by atoms with Gasteiger partial charge in [0, 0.05) is 32.2 Å². The van der Waals surface area contributed by atoms with Crippen molar-refractivity contribution in [2.75, 3.05) is 33.4 Å². The molecule has 2 fully saturated rings. The van der Waals surface area contributed by atoms with Crippen molar-refractivity contribution < 1.29 is 9.47 Å². The SMILES string of the molecule is COC[C@]12CCCO[C@H]1CNC2.Cl. The van der Waals surface area contributed by atoms with Crippen molar-refractivity contribution in [1.29, 1.82) is 0 Å². The Kier molecular flexibility index (Phi) is 3.98. The Labute approximate surface area is 85.6 Å². The summed E-state index contributed by atoms with van der Waals surface area (Å²) in [4.78, 5) is 0. The van der Waals surface area contributed by atoms with Crippen LogP contribution in [-0.4, -0.2) is 39.5 Å². The predicted molar refractivity (Wildman–Crippen MR) is 53.4 cm³/mol. The summed E-state index contributed by atoms with van der Waals surface area (Å²) in [5, 5.41) is 3.38. The Morgan fingerprint density at radius 1 is 1.62 bits per heavy atom. The van der Waals surface area contributed by atoms with Gasteiger partial charge in [-0.05, 0) is 12.8 Å². The molecule has 2 heterocycles. The third-order valence-corrected chi connectivity index (χ3v) is 3.06. The fourth-order valence-corrected chi connectivity index (χ4v) is 2.42. The summed E-state index contributed by atoms with van der Waals surface area (Å²) in [5.74, 6) is 0. The highest BCUT2D eigenvalue weighted by Gasteiger charge is 2.45. The molecule has 2 atom stereocenters. The summed E-state index contributed by atoms with van der Waals surface area (Å²) < 4.78 is 11.0. The van der Waals surface area contributed by atoms with Crippen LogP contribution >= 0.6 is 12.4 Å². The zero-order chi connectivity index (χ0) is 8.44. The minimum atomic E-state index is 0. The number of halogens is 1. The quantitative estimate of drug-likeness (QED) is 0.728. The molecule has 0 bridgehead atoms. The van der Waals surface area contributed by atoms with E-state index in [4.69, 9.17) is 9.47 Å². The fraction of sp³-hybridized carbons (Fsp3) is 1.00. The molecule has 4 heteroatoms. The van der Waals surface area contributed by atoms with E-state index >= 15 is 0 Å². The van der Waals surface area contributed by atoms with Crippen molar-refractivity contribution in [2.45, 2.75) is 18.9 Å². The van der Waals surface area contributed by atoms with Crippen molar-refractivity contribution in [3.63, 3.8) is 0 Å². The Morgan fingerprint density at radius 3 is 3.23 bits per heavy atom. The van der Waals surface area contributed by atoms with Gasteiger partial charge in [-0.3, -0.25) is 0 Å². The molecular weight excluding hydrogens is 190 g/mol. The number of rotatable bonds is 2. The summed E-state index contributed by atoms with van der Waals surface area (Å²) in [7, 11) is 1.78. The second-order valence-electron chi connectivity index (χ2n) is 3.89. The molecule has 13 heavy (non-hydrogen) atoms. The van der Waals surface area contributed by atoms with Crippen LogP contribution in [0, 0.1) is 5.41 Å². The second-order valence-corrected chi connectivity index (χ2v) is 3.89. The molecule has 0 radical (unpaired) electrons. The zero-order valence-corrected chi connectivity index (χ0v) is 8.86. The maximum Gasteiger partial charge on any atom is 0.0789 e. The third kappa shape index (κ3) is 1.99. The third-order valence-electron chi connectivity index (χ3n) is 3.06. The van der Waals surface area contributed by atoms with Crippen molar-refractivity contribution in [1.82, 2.24) is 5.32 Å². The lowest BCUT2D eigenvalue weighted by molar-refractivity contribution is -0.0829. The first kappa shape index (κ1) is 11.2. The molecule has 0 spiro atoms. The van der Waals surface area contributed by atoms with E-state index < -0.39 is 0 Å². The lowest BCUT2D eigenvalue weighted by Crippen LogP contribution is -2.43. The van der Waals surface area contributed by atoms with Gasteiger partial charge in [-0.1, -0.05) is 0 Å².